The topological polar surface area (TPSA) is 72.2 Å². The van der Waals surface area contributed by atoms with Crippen LogP contribution in [0.2, 0.25) is 0 Å². The number of fused-ring (bicyclic) bond motifs is 3. The average molecular weight is 334 g/mol. The summed E-state index contributed by atoms with van der Waals surface area (Å²) in [5, 5.41) is 2.85. The van der Waals surface area contributed by atoms with E-state index in [9.17, 15) is 9.59 Å². The molecule has 3 N–H and O–H groups in total. The van der Waals surface area contributed by atoms with E-state index >= 15 is 0 Å². The van der Waals surface area contributed by atoms with Gasteiger partial charge in [0.05, 0.1) is 5.92 Å². The number of amides is 2. The van der Waals surface area contributed by atoms with Crippen LogP contribution in [0, 0.1) is 0 Å². The van der Waals surface area contributed by atoms with Crippen LogP contribution in [0.25, 0.3) is 11.1 Å². The largest absolute Gasteiger partial charge is 0.368 e. The smallest absolute Gasteiger partial charge is 0.240 e. The Balaban J connectivity index is 1.86. The van der Waals surface area contributed by atoms with Crippen molar-refractivity contribution in [1.29, 1.82) is 0 Å². The zero-order chi connectivity index (χ0) is 17.8. The normalized spacial score (nSPS) is 13.6. The van der Waals surface area contributed by atoms with Crippen LogP contribution >= 0.6 is 0 Å². The maximum absolute atomic E-state index is 13.0. The van der Waals surface area contributed by atoms with Gasteiger partial charge in [-0.2, -0.15) is 0 Å². The van der Waals surface area contributed by atoms with E-state index in [1.165, 1.54) is 0 Å². The van der Waals surface area contributed by atoms with Crippen molar-refractivity contribution < 1.29 is 9.59 Å². The van der Waals surface area contributed by atoms with E-state index < -0.39 is 17.9 Å². The van der Waals surface area contributed by atoms with Crippen LogP contribution in [-0.2, 0) is 9.59 Å². The van der Waals surface area contributed by atoms with Crippen molar-refractivity contribution in [2.24, 2.45) is 5.73 Å². The maximum Gasteiger partial charge on any atom is 0.240 e. The number of carbonyl (C=O) groups excluding carboxylic acids is 2. The lowest BCUT2D eigenvalue weighted by atomic mass is 9.95. The number of primary amides is 1. The summed E-state index contributed by atoms with van der Waals surface area (Å²) >= 11 is 0. The zero-order valence-corrected chi connectivity index (χ0v) is 14.1. The summed E-state index contributed by atoms with van der Waals surface area (Å²) in [4.78, 5) is 24.7. The number of hydrogen-bond donors (Lipinski definition) is 2. The highest BCUT2D eigenvalue weighted by Gasteiger charge is 2.34. The molecular weight excluding hydrogens is 312 g/mol. The fourth-order valence-corrected chi connectivity index (χ4v) is 3.44. The lowest BCUT2D eigenvalue weighted by Crippen LogP contribution is -2.46. The van der Waals surface area contributed by atoms with Crippen LogP contribution in [0.1, 0.15) is 36.3 Å². The summed E-state index contributed by atoms with van der Waals surface area (Å²) in [5.74, 6) is -1.09. The highest BCUT2D eigenvalue weighted by Crippen LogP contribution is 2.44. The predicted octanol–water partition coefficient (Wildman–Crippen LogP) is 3.13. The Morgan fingerprint density at radius 1 is 1.08 bits per heavy atom. The van der Waals surface area contributed by atoms with E-state index in [1.807, 2.05) is 48.5 Å². The first-order valence-electron chi connectivity index (χ1n) is 8.52. The molecule has 0 radical (unpaired) electrons. The zero-order valence-electron chi connectivity index (χ0n) is 14.1. The van der Waals surface area contributed by atoms with Gasteiger partial charge in [0, 0.05) is 0 Å². The first-order valence-corrected chi connectivity index (χ1v) is 8.52. The molecule has 0 unspecified atom stereocenters. The van der Waals surface area contributed by atoms with Crippen molar-refractivity contribution in [2.45, 2.75) is 31.2 Å². The monoisotopic (exact) mass is 334 g/mol. The molecule has 0 aromatic heterocycles. The van der Waals surface area contributed by atoms with Gasteiger partial charge in [0.25, 0.3) is 0 Å². The second-order valence-electron chi connectivity index (χ2n) is 6.29. The van der Waals surface area contributed by atoms with Crippen LogP contribution in [0.3, 0.4) is 0 Å². The van der Waals surface area contributed by atoms with Crippen molar-refractivity contribution in [2.75, 3.05) is 0 Å². The van der Waals surface area contributed by atoms with Crippen LogP contribution in [0.4, 0.5) is 0 Å². The van der Waals surface area contributed by atoms with E-state index in [1.54, 1.807) is 6.08 Å². The molecule has 2 amide bonds. The molecule has 0 aliphatic heterocycles. The van der Waals surface area contributed by atoms with Gasteiger partial charge < -0.3 is 11.1 Å². The Labute approximate surface area is 147 Å². The van der Waals surface area contributed by atoms with Crippen molar-refractivity contribution >= 4 is 11.8 Å². The molecule has 2 aromatic rings. The van der Waals surface area contributed by atoms with Gasteiger partial charge >= 0.3 is 0 Å². The summed E-state index contributed by atoms with van der Waals surface area (Å²) in [5.41, 5.74) is 9.55. The fourth-order valence-electron chi connectivity index (χ4n) is 3.44. The molecule has 25 heavy (non-hydrogen) atoms. The minimum atomic E-state index is -0.660. The van der Waals surface area contributed by atoms with E-state index in [2.05, 4.69) is 11.9 Å². The van der Waals surface area contributed by atoms with Gasteiger partial charge in [-0.3, -0.25) is 9.59 Å². The van der Waals surface area contributed by atoms with Gasteiger partial charge in [0.2, 0.25) is 11.8 Å². The molecule has 0 saturated carbocycles. The Hall–Kier alpha value is -2.88. The molecular formula is C21H22N2O2. The van der Waals surface area contributed by atoms with Crippen LogP contribution in [0.5, 0.6) is 0 Å². The molecule has 4 heteroatoms. The van der Waals surface area contributed by atoms with Crippen molar-refractivity contribution in [1.82, 2.24) is 5.32 Å². The molecule has 1 aliphatic carbocycles. The molecule has 0 heterocycles. The third-order valence-electron chi connectivity index (χ3n) is 4.66. The lowest BCUT2D eigenvalue weighted by molar-refractivity contribution is -0.127. The van der Waals surface area contributed by atoms with Crippen LogP contribution < -0.4 is 11.1 Å². The number of rotatable bonds is 7. The molecule has 0 bridgehead atoms. The van der Waals surface area contributed by atoms with E-state index in [0.717, 1.165) is 35.1 Å². The fraction of sp³-hybridized carbons (Fsp3) is 0.238. The Bertz CT molecular complexity index is 768. The molecule has 1 aliphatic rings. The Morgan fingerprint density at radius 3 is 2.16 bits per heavy atom. The predicted molar refractivity (Wildman–Crippen MR) is 98.9 cm³/mol. The molecule has 1 atom stereocenters. The Morgan fingerprint density at radius 2 is 1.64 bits per heavy atom. The van der Waals surface area contributed by atoms with E-state index in [-0.39, 0.29) is 5.91 Å². The number of nitrogens with two attached hydrogens (primary N) is 1. The third-order valence-corrected chi connectivity index (χ3v) is 4.66. The highest BCUT2D eigenvalue weighted by molar-refractivity contribution is 5.98. The number of hydrogen-bond acceptors (Lipinski definition) is 2. The van der Waals surface area contributed by atoms with Gasteiger partial charge in [0.15, 0.2) is 0 Å². The number of unbranched alkanes of at least 4 members (excludes halogenated alkanes) is 1. The third kappa shape index (κ3) is 3.33. The first kappa shape index (κ1) is 17.0. The number of carbonyl (C=O) groups is 2. The van der Waals surface area contributed by atoms with Crippen LogP contribution in [0.15, 0.2) is 61.2 Å². The summed E-state index contributed by atoms with van der Waals surface area (Å²) in [7, 11) is 0. The summed E-state index contributed by atoms with van der Waals surface area (Å²) < 4.78 is 0. The summed E-state index contributed by atoms with van der Waals surface area (Å²) in [6.45, 7) is 3.67. The van der Waals surface area contributed by atoms with Crippen molar-refractivity contribution in [3.05, 3.63) is 72.3 Å². The van der Waals surface area contributed by atoms with Gasteiger partial charge in [-0.05, 0) is 41.5 Å². The molecule has 3 rings (SSSR count). The van der Waals surface area contributed by atoms with E-state index in [0.29, 0.717) is 6.42 Å². The molecule has 128 valence electrons. The van der Waals surface area contributed by atoms with Gasteiger partial charge in [-0.25, -0.2) is 0 Å². The number of allylic oxidation sites excluding steroid dienone is 1. The van der Waals surface area contributed by atoms with Gasteiger partial charge in [0.1, 0.15) is 6.04 Å². The minimum Gasteiger partial charge on any atom is -0.368 e. The molecule has 0 spiro atoms. The molecule has 0 fully saturated rings. The lowest BCUT2D eigenvalue weighted by Gasteiger charge is -2.19. The van der Waals surface area contributed by atoms with Crippen molar-refractivity contribution in [3.63, 3.8) is 0 Å². The summed E-state index contributed by atoms with van der Waals surface area (Å²) in [6.07, 6.45) is 3.86. The van der Waals surface area contributed by atoms with Gasteiger partial charge in [-0.1, -0.05) is 54.6 Å². The average Bonchev–Trinajstić information content (AvgIpc) is 2.95. The SMILES string of the molecule is C=CCCC[C@H](NC(=O)C1c2ccccc2-c2ccccc21)C(N)=O. The van der Waals surface area contributed by atoms with Gasteiger partial charge in [-0.15, -0.1) is 6.58 Å². The minimum absolute atomic E-state index is 0.181. The van der Waals surface area contributed by atoms with Crippen molar-refractivity contribution in [3.8, 4) is 11.1 Å². The molecule has 2 aromatic carbocycles. The number of nitrogens with one attached hydrogen (secondary N) is 1. The molecule has 0 saturated heterocycles. The maximum atomic E-state index is 13.0. The first-order chi connectivity index (χ1) is 12.1. The molecule has 4 nitrogen and oxygen atoms in total. The second-order valence-corrected chi connectivity index (χ2v) is 6.29. The van der Waals surface area contributed by atoms with Crippen LogP contribution in [-0.4, -0.2) is 17.9 Å². The van der Waals surface area contributed by atoms with E-state index in [4.69, 9.17) is 5.73 Å². The Kier molecular flexibility index (Phi) is 4.98. The standard InChI is InChI=1S/C21H22N2O2/c1-2-3-4-13-18(20(22)24)23-21(25)19-16-11-7-5-9-14(16)15-10-6-8-12-17(15)19/h2,5-12,18-19H,1,3-4,13H2,(H2,22,24)(H,23,25)/t18-/m0/s1. The second kappa shape index (κ2) is 7.34. The number of benzene rings is 2. The summed E-state index contributed by atoms with van der Waals surface area (Å²) in [6, 6.07) is 15.1. The quantitative estimate of drug-likeness (QED) is 0.603. The highest BCUT2D eigenvalue weighted by atomic mass is 16.2.